The predicted molar refractivity (Wildman–Crippen MR) is 115 cm³/mol. The molecule has 3 rings (SSSR count). The lowest BCUT2D eigenvalue weighted by molar-refractivity contribution is 0.414. The molecule has 0 aliphatic carbocycles. The molecule has 2 aromatic carbocycles. The molecule has 0 fully saturated rings. The van der Waals surface area contributed by atoms with E-state index >= 15 is 0 Å². The molecule has 3 aromatic rings. The van der Waals surface area contributed by atoms with Gasteiger partial charge in [0.25, 0.3) is 0 Å². The van der Waals surface area contributed by atoms with E-state index in [0.717, 1.165) is 17.1 Å². The number of halogens is 1. The SMILES string of the molecule is COc1ccc(S(=O)(=O)CC(Nc2nc(Cc3ccc(F)cc3)ns2)C(C)N)cc1. The van der Waals surface area contributed by atoms with Crippen LogP contribution in [0.3, 0.4) is 0 Å². The maximum absolute atomic E-state index is 13.0. The number of hydrogen-bond acceptors (Lipinski definition) is 8. The van der Waals surface area contributed by atoms with Crippen LogP contribution in [0.5, 0.6) is 5.75 Å². The van der Waals surface area contributed by atoms with E-state index in [1.165, 1.54) is 31.4 Å². The Bertz CT molecular complexity index is 1070. The first-order valence-electron chi connectivity index (χ1n) is 9.23. The molecule has 2 unspecified atom stereocenters. The summed E-state index contributed by atoms with van der Waals surface area (Å²) in [6.07, 6.45) is 0.450. The third-order valence-corrected chi connectivity index (χ3v) is 6.98. The van der Waals surface area contributed by atoms with Crippen LogP contribution in [0.4, 0.5) is 9.52 Å². The Morgan fingerprint density at radius 1 is 1.17 bits per heavy atom. The van der Waals surface area contributed by atoms with E-state index in [1.54, 1.807) is 31.2 Å². The number of methoxy groups -OCH3 is 1. The van der Waals surface area contributed by atoms with Gasteiger partial charge in [0.1, 0.15) is 17.4 Å². The number of nitrogens with two attached hydrogens (primary N) is 1. The molecule has 2 atom stereocenters. The van der Waals surface area contributed by atoms with Crippen LogP contribution in [0.15, 0.2) is 53.4 Å². The second kappa shape index (κ2) is 9.50. The highest BCUT2D eigenvalue weighted by Crippen LogP contribution is 2.20. The van der Waals surface area contributed by atoms with Crippen molar-refractivity contribution in [3.63, 3.8) is 0 Å². The standard InChI is InChI=1S/C20H23FN4O3S2/c1-13(22)18(12-30(26,27)17-9-7-16(28-2)8-10-17)23-20-24-19(25-29-20)11-14-3-5-15(21)6-4-14/h3-10,13,18H,11-12,22H2,1-2H3,(H,23,24,25). The van der Waals surface area contributed by atoms with Crippen molar-refractivity contribution in [3.8, 4) is 5.75 Å². The van der Waals surface area contributed by atoms with Gasteiger partial charge in [0.05, 0.1) is 23.8 Å². The molecular weight excluding hydrogens is 427 g/mol. The molecule has 0 bridgehead atoms. The lowest BCUT2D eigenvalue weighted by Crippen LogP contribution is -2.43. The monoisotopic (exact) mass is 450 g/mol. The number of aromatic nitrogens is 2. The van der Waals surface area contributed by atoms with E-state index in [4.69, 9.17) is 10.5 Å². The molecular formula is C20H23FN4O3S2. The van der Waals surface area contributed by atoms with Crippen molar-refractivity contribution in [2.75, 3.05) is 18.2 Å². The van der Waals surface area contributed by atoms with Crippen LogP contribution in [0.2, 0.25) is 0 Å². The Hall–Kier alpha value is -2.56. The van der Waals surface area contributed by atoms with Crippen LogP contribution in [-0.2, 0) is 16.3 Å². The van der Waals surface area contributed by atoms with Crippen molar-refractivity contribution < 1.29 is 17.5 Å². The summed E-state index contributed by atoms with van der Waals surface area (Å²) in [4.78, 5) is 4.61. The molecule has 1 heterocycles. The normalized spacial score (nSPS) is 13.6. The van der Waals surface area contributed by atoms with Gasteiger partial charge in [-0.25, -0.2) is 17.8 Å². The van der Waals surface area contributed by atoms with Crippen molar-refractivity contribution in [1.29, 1.82) is 0 Å². The molecule has 3 N–H and O–H groups in total. The molecule has 0 radical (unpaired) electrons. The van der Waals surface area contributed by atoms with Crippen molar-refractivity contribution >= 4 is 26.5 Å². The maximum atomic E-state index is 13.0. The van der Waals surface area contributed by atoms with Gasteiger partial charge in [-0.15, -0.1) is 0 Å². The fourth-order valence-electron chi connectivity index (χ4n) is 2.77. The molecule has 10 heteroatoms. The van der Waals surface area contributed by atoms with E-state index < -0.39 is 21.9 Å². The minimum atomic E-state index is -3.57. The summed E-state index contributed by atoms with van der Waals surface area (Å²) in [5.74, 6) is 0.656. The van der Waals surface area contributed by atoms with Gasteiger partial charge in [0.2, 0.25) is 5.13 Å². The Balaban J connectivity index is 1.69. The van der Waals surface area contributed by atoms with Crippen LogP contribution in [0.1, 0.15) is 18.3 Å². The van der Waals surface area contributed by atoms with Gasteiger partial charge < -0.3 is 15.8 Å². The summed E-state index contributed by atoms with van der Waals surface area (Å²) >= 11 is 1.13. The lowest BCUT2D eigenvalue weighted by Gasteiger charge is -2.21. The Kier molecular flexibility index (Phi) is 7.01. The largest absolute Gasteiger partial charge is 0.497 e. The summed E-state index contributed by atoms with van der Waals surface area (Å²) in [7, 11) is -2.05. The van der Waals surface area contributed by atoms with Crippen molar-refractivity contribution in [3.05, 3.63) is 65.7 Å². The first kappa shape index (κ1) is 22.1. The van der Waals surface area contributed by atoms with E-state index in [0.29, 0.717) is 23.1 Å². The minimum absolute atomic E-state index is 0.191. The van der Waals surface area contributed by atoms with Crippen molar-refractivity contribution in [2.24, 2.45) is 5.73 Å². The number of benzene rings is 2. The van der Waals surface area contributed by atoms with Gasteiger partial charge >= 0.3 is 0 Å². The zero-order valence-corrected chi connectivity index (χ0v) is 18.2. The molecule has 1 aromatic heterocycles. The van der Waals surface area contributed by atoms with Gasteiger partial charge in [-0.05, 0) is 48.9 Å². The first-order chi connectivity index (χ1) is 14.3. The molecule has 0 aliphatic heterocycles. The van der Waals surface area contributed by atoms with Crippen LogP contribution in [0, 0.1) is 5.82 Å². The van der Waals surface area contributed by atoms with Crippen molar-refractivity contribution in [2.45, 2.75) is 30.3 Å². The van der Waals surface area contributed by atoms with Gasteiger partial charge in [0, 0.05) is 24.0 Å². The number of nitrogens with zero attached hydrogens (tertiary/aromatic N) is 2. The fraction of sp³-hybridized carbons (Fsp3) is 0.300. The number of anilines is 1. The maximum Gasteiger partial charge on any atom is 0.202 e. The fourth-order valence-corrected chi connectivity index (χ4v) is 5.02. The molecule has 0 amide bonds. The summed E-state index contributed by atoms with van der Waals surface area (Å²) < 4.78 is 48.0. The topological polar surface area (TPSA) is 107 Å². The molecule has 30 heavy (non-hydrogen) atoms. The highest BCUT2D eigenvalue weighted by Gasteiger charge is 2.25. The summed E-state index contributed by atoms with van der Waals surface area (Å²) in [6.45, 7) is 1.74. The van der Waals surface area contributed by atoms with Crippen molar-refractivity contribution in [1.82, 2.24) is 9.36 Å². The number of rotatable bonds is 9. The highest BCUT2D eigenvalue weighted by atomic mass is 32.2. The van der Waals surface area contributed by atoms with E-state index in [-0.39, 0.29) is 16.5 Å². The Morgan fingerprint density at radius 3 is 2.43 bits per heavy atom. The molecule has 160 valence electrons. The van der Waals surface area contributed by atoms with Gasteiger partial charge in [0.15, 0.2) is 9.84 Å². The van der Waals surface area contributed by atoms with Gasteiger partial charge in [-0.3, -0.25) is 0 Å². The van der Waals surface area contributed by atoms with E-state index in [2.05, 4.69) is 14.7 Å². The summed E-state index contributed by atoms with van der Waals surface area (Å²) in [6, 6.07) is 11.4. The zero-order valence-electron chi connectivity index (χ0n) is 16.6. The third-order valence-electron chi connectivity index (χ3n) is 4.50. The number of ether oxygens (including phenoxy) is 1. The smallest absolute Gasteiger partial charge is 0.202 e. The van der Waals surface area contributed by atoms with Crippen LogP contribution >= 0.6 is 11.5 Å². The zero-order chi connectivity index (χ0) is 21.7. The average Bonchev–Trinajstić information content (AvgIpc) is 3.16. The minimum Gasteiger partial charge on any atom is -0.497 e. The summed E-state index contributed by atoms with van der Waals surface area (Å²) in [5, 5.41) is 3.58. The predicted octanol–water partition coefficient (Wildman–Crippen LogP) is 2.88. The average molecular weight is 451 g/mol. The Labute approximate surface area is 179 Å². The van der Waals surface area contributed by atoms with Crippen LogP contribution < -0.4 is 15.8 Å². The number of nitrogens with one attached hydrogen (secondary N) is 1. The Morgan fingerprint density at radius 2 is 1.83 bits per heavy atom. The van der Waals surface area contributed by atoms with Crippen LogP contribution in [-0.4, -0.2) is 42.7 Å². The van der Waals surface area contributed by atoms with E-state index in [1.807, 2.05) is 0 Å². The lowest BCUT2D eigenvalue weighted by atomic mass is 10.1. The van der Waals surface area contributed by atoms with E-state index in [9.17, 15) is 12.8 Å². The molecule has 0 aliphatic rings. The first-order valence-corrected chi connectivity index (χ1v) is 11.7. The number of hydrogen-bond donors (Lipinski definition) is 2. The molecule has 7 nitrogen and oxygen atoms in total. The second-order valence-corrected chi connectivity index (χ2v) is 9.67. The molecule has 0 saturated heterocycles. The summed E-state index contributed by atoms with van der Waals surface area (Å²) in [5.41, 5.74) is 6.92. The number of sulfone groups is 1. The third kappa shape index (κ3) is 5.74. The quantitative estimate of drug-likeness (QED) is 0.516. The molecule has 0 saturated carbocycles. The highest BCUT2D eigenvalue weighted by molar-refractivity contribution is 7.91. The van der Waals surface area contributed by atoms with Gasteiger partial charge in [-0.1, -0.05) is 12.1 Å². The van der Waals surface area contributed by atoms with Crippen LogP contribution in [0.25, 0.3) is 0 Å². The second-order valence-electron chi connectivity index (χ2n) is 6.89. The molecule has 0 spiro atoms. The van der Waals surface area contributed by atoms with Gasteiger partial charge in [-0.2, -0.15) is 4.37 Å².